The molecule has 6 heteroatoms. The van der Waals surface area contributed by atoms with E-state index in [0.717, 1.165) is 63.1 Å². The molecule has 0 aromatic heterocycles. The average Bonchev–Trinajstić information content (AvgIpc) is 3.19. The monoisotopic (exact) mass is 457 g/mol. The standard InChI is InChI=1S/C28H35N5O/c1-32-13-15-33(16-14-32)19-21-7-11-23(12-8-21)22-9-5-20(6-10-22)17-24(18-29)31-27(34)28(30)25-3-2-4-26(25)28/h5-12,24-26H,2-4,13-17,19,30H2,1H3,(H,31,34)/t24-,25?,26?,28?/m1/s1. The first-order valence-electron chi connectivity index (χ1n) is 12.6. The number of hydrogen-bond donors (Lipinski definition) is 2. The molecule has 5 rings (SSSR count). The van der Waals surface area contributed by atoms with Gasteiger partial charge in [0.1, 0.15) is 11.6 Å². The molecule has 0 bridgehead atoms. The normalized spacial score (nSPS) is 27.6. The van der Waals surface area contributed by atoms with Crippen LogP contribution in [0.2, 0.25) is 0 Å². The number of hydrogen-bond acceptors (Lipinski definition) is 5. The molecule has 6 nitrogen and oxygen atoms in total. The van der Waals surface area contributed by atoms with Crippen LogP contribution in [0, 0.1) is 23.2 Å². The lowest BCUT2D eigenvalue weighted by atomic mass is 9.99. The van der Waals surface area contributed by atoms with Crippen LogP contribution >= 0.6 is 0 Å². The molecule has 1 amide bonds. The number of fused-ring (bicyclic) bond motifs is 1. The van der Waals surface area contributed by atoms with Gasteiger partial charge in [0.2, 0.25) is 5.91 Å². The molecule has 2 aliphatic carbocycles. The van der Waals surface area contributed by atoms with Crippen LogP contribution in [-0.2, 0) is 17.8 Å². The van der Waals surface area contributed by atoms with Crippen molar-refractivity contribution in [3.8, 4) is 17.2 Å². The Labute approximate surface area is 202 Å². The van der Waals surface area contributed by atoms with E-state index in [1.807, 2.05) is 12.1 Å². The fourth-order valence-corrected chi connectivity index (χ4v) is 5.89. The highest BCUT2D eigenvalue weighted by Gasteiger charge is 2.68. The Morgan fingerprint density at radius 3 is 2.15 bits per heavy atom. The van der Waals surface area contributed by atoms with Crippen molar-refractivity contribution in [2.24, 2.45) is 17.6 Å². The molecule has 2 aromatic carbocycles. The van der Waals surface area contributed by atoms with Crippen LogP contribution in [0.3, 0.4) is 0 Å². The van der Waals surface area contributed by atoms with Gasteiger partial charge in [0.25, 0.3) is 0 Å². The van der Waals surface area contributed by atoms with Crippen LogP contribution in [0.1, 0.15) is 30.4 Å². The molecule has 3 aliphatic rings. The van der Waals surface area contributed by atoms with Crippen LogP contribution in [0.25, 0.3) is 11.1 Å². The number of piperazine rings is 1. The molecule has 1 aliphatic heterocycles. The van der Waals surface area contributed by atoms with Crippen molar-refractivity contribution in [3.05, 3.63) is 59.7 Å². The summed E-state index contributed by atoms with van der Waals surface area (Å²) in [6, 6.07) is 18.8. The second kappa shape index (κ2) is 9.50. The zero-order valence-corrected chi connectivity index (χ0v) is 20.0. The quantitative estimate of drug-likeness (QED) is 0.668. The number of carbonyl (C=O) groups is 1. The third kappa shape index (κ3) is 4.61. The van der Waals surface area contributed by atoms with Crippen molar-refractivity contribution in [1.82, 2.24) is 15.1 Å². The van der Waals surface area contributed by atoms with E-state index in [4.69, 9.17) is 5.73 Å². The van der Waals surface area contributed by atoms with E-state index in [1.165, 1.54) is 11.1 Å². The van der Waals surface area contributed by atoms with E-state index < -0.39 is 11.6 Å². The Hall–Kier alpha value is -2.72. The van der Waals surface area contributed by atoms with Gasteiger partial charge in [-0.15, -0.1) is 0 Å². The van der Waals surface area contributed by atoms with Crippen molar-refractivity contribution in [2.75, 3.05) is 33.2 Å². The number of nitrogens with zero attached hydrogens (tertiary/aromatic N) is 3. The molecule has 2 saturated carbocycles. The third-order valence-corrected chi connectivity index (χ3v) is 8.17. The van der Waals surface area contributed by atoms with Crippen molar-refractivity contribution >= 4 is 5.91 Å². The molecule has 1 saturated heterocycles. The van der Waals surface area contributed by atoms with Gasteiger partial charge in [-0.2, -0.15) is 5.26 Å². The Bertz CT molecular complexity index is 1040. The number of nitriles is 1. The second-order valence-corrected chi connectivity index (χ2v) is 10.4. The summed E-state index contributed by atoms with van der Waals surface area (Å²) in [5.41, 5.74) is 10.3. The predicted octanol–water partition coefficient (Wildman–Crippen LogP) is 2.78. The molecule has 3 atom stereocenters. The summed E-state index contributed by atoms with van der Waals surface area (Å²) < 4.78 is 0. The lowest BCUT2D eigenvalue weighted by molar-refractivity contribution is -0.124. The van der Waals surface area contributed by atoms with Crippen molar-refractivity contribution < 1.29 is 4.79 Å². The maximum absolute atomic E-state index is 12.7. The maximum Gasteiger partial charge on any atom is 0.241 e. The third-order valence-electron chi connectivity index (χ3n) is 8.17. The second-order valence-electron chi connectivity index (χ2n) is 10.4. The Morgan fingerprint density at radius 1 is 1.03 bits per heavy atom. The highest BCUT2D eigenvalue weighted by molar-refractivity contribution is 5.91. The van der Waals surface area contributed by atoms with Crippen LogP contribution in [0.4, 0.5) is 0 Å². The maximum atomic E-state index is 12.7. The minimum Gasteiger partial charge on any atom is -0.338 e. The van der Waals surface area contributed by atoms with Gasteiger partial charge in [-0.05, 0) is 54.0 Å². The topological polar surface area (TPSA) is 85.4 Å². The van der Waals surface area contributed by atoms with Crippen molar-refractivity contribution in [3.63, 3.8) is 0 Å². The zero-order valence-electron chi connectivity index (χ0n) is 20.0. The smallest absolute Gasteiger partial charge is 0.241 e. The van der Waals surface area contributed by atoms with Gasteiger partial charge in [0.15, 0.2) is 0 Å². The number of carbonyl (C=O) groups excluding carboxylic acids is 1. The van der Waals surface area contributed by atoms with Gasteiger partial charge in [-0.3, -0.25) is 9.69 Å². The number of amides is 1. The SMILES string of the molecule is CN1CCN(Cc2ccc(-c3ccc(C[C@H](C#N)NC(=O)C4(N)C5CCCC54)cc3)cc2)CC1. The van der Waals surface area contributed by atoms with E-state index >= 15 is 0 Å². The molecule has 3 fully saturated rings. The largest absolute Gasteiger partial charge is 0.338 e. The van der Waals surface area contributed by atoms with E-state index in [9.17, 15) is 10.1 Å². The first-order chi connectivity index (χ1) is 16.5. The molecule has 0 spiro atoms. The molecular weight excluding hydrogens is 422 g/mol. The number of nitrogens with one attached hydrogen (secondary N) is 1. The van der Waals surface area contributed by atoms with E-state index in [0.29, 0.717) is 18.3 Å². The summed E-state index contributed by atoms with van der Waals surface area (Å²) in [5.74, 6) is 0.458. The molecular formula is C28H35N5O. The Morgan fingerprint density at radius 2 is 1.59 bits per heavy atom. The van der Waals surface area contributed by atoms with Crippen LogP contribution in [-0.4, -0.2) is 60.5 Å². The molecule has 1 heterocycles. The number of likely N-dealkylation sites (N-methyl/N-ethyl adjacent to an activating group) is 1. The summed E-state index contributed by atoms with van der Waals surface area (Å²) in [5, 5.41) is 12.5. The molecule has 2 unspecified atom stereocenters. The van der Waals surface area contributed by atoms with Gasteiger partial charge >= 0.3 is 0 Å². The average molecular weight is 458 g/mol. The van der Waals surface area contributed by atoms with Gasteiger partial charge in [-0.1, -0.05) is 55.0 Å². The predicted molar refractivity (Wildman–Crippen MR) is 134 cm³/mol. The minimum absolute atomic E-state index is 0.151. The van der Waals surface area contributed by atoms with Crippen molar-refractivity contribution in [1.29, 1.82) is 5.26 Å². The lowest BCUT2D eigenvalue weighted by Crippen LogP contribution is -2.50. The Kier molecular flexibility index (Phi) is 6.44. The van der Waals surface area contributed by atoms with Crippen LogP contribution < -0.4 is 11.1 Å². The molecule has 34 heavy (non-hydrogen) atoms. The molecule has 0 radical (unpaired) electrons. The van der Waals surface area contributed by atoms with Crippen molar-refractivity contribution in [2.45, 2.75) is 43.8 Å². The van der Waals surface area contributed by atoms with Crippen LogP contribution in [0.5, 0.6) is 0 Å². The number of benzene rings is 2. The highest BCUT2D eigenvalue weighted by atomic mass is 16.2. The van der Waals surface area contributed by atoms with Gasteiger partial charge in [0, 0.05) is 39.1 Å². The summed E-state index contributed by atoms with van der Waals surface area (Å²) in [6.45, 7) is 5.51. The van der Waals surface area contributed by atoms with Gasteiger partial charge in [0.05, 0.1) is 6.07 Å². The van der Waals surface area contributed by atoms with E-state index in [1.54, 1.807) is 0 Å². The zero-order chi connectivity index (χ0) is 23.7. The summed E-state index contributed by atoms with van der Waals surface area (Å²) in [6.07, 6.45) is 3.71. The first kappa shape index (κ1) is 23.0. The molecule has 3 N–H and O–H groups in total. The minimum atomic E-state index is -0.742. The number of nitrogens with two attached hydrogens (primary N) is 1. The van der Waals surface area contributed by atoms with Gasteiger partial charge in [-0.25, -0.2) is 0 Å². The highest BCUT2D eigenvalue weighted by Crippen LogP contribution is 2.59. The number of rotatable bonds is 7. The summed E-state index contributed by atoms with van der Waals surface area (Å²) in [7, 11) is 2.18. The van der Waals surface area contributed by atoms with E-state index in [-0.39, 0.29) is 5.91 Å². The lowest BCUT2D eigenvalue weighted by Gasteiger charge is -2.32. The first-order valence-corrected chi connectivity index (χ1v) is 12.6. The summed E-state index contributed by atoms with van der Waals surface area (Å²) >= 11 is 0. The van der Waals surface area contributed by atoms with Crippen LogP contribution in [0.15, 0.2) is 48.5 Å². The van der Waals surface area contributed by atoms with E-state index in [2.05, 4.69) is 64.6 Å². The fourth-order valence-electron chi connectivity index (χ4n) is 5.89. The fraction of sp³-hybridized carbons (Fsp3) is 0.500. The summed E-state index contributed by atoms with van der Waals surface area (Å²) in [4.78, 5) is 17.6. The molecule has 178 valence electrons. The van der Waals surface area contributed by atoms with Gasteiger partial charge < -0.3 is 16.0 Å². The molecule has 2 aromatic rings. The Balaban J connectivity index is 1.15.